The summed E-state index contributed by atoms with van der Waals surface area (Å²) in [6.07, 6.45) is 5.24. The van der Waals surface area contributed by atoms with Gasteiger partial charge in [0.15, 0.2) is 0 Å². The lowest BCUT2D eigenvalue weighted by atomic mass is 9.97. The van der Waals surface area contributed by atoms with Gasteiger partial charge in [-0.3, -0.25) is 14.3 Å². The van der Waals surface area contributed by atoms with Crippen molar-refractivity contribution in [3.63, 3.8) is 0 Å². The molecule has 0 bridgehead atoms. The second-order valence-corrected chi connectivity index (χ2v) is 6.06. The number of aromatic nitrogens is 3. The standard InChI is InChI=1S/C17H22N4O3/c1-3-21-10-13(9-18-21)16-14(5-4-6-24-16)20-17(23)12-7-11(2)19-15(22)8-12/h7-10,14,16H,3-6H2,1-2H3,(H,19,22)(H,20,23)/t14-,16+/m0/s1. The number of hydrogen-bond acceptors (Lipinski definition) is 4. The molecule has 1 aliphatic rings. The maximum absolute atomic E-state index is 12.5. The molecule has 0 unspecified atom stereocenters. The van der Waals surface area contributed by atoms with Crippen LogP contribution in [0.4, 0.5) is 0 Å². The third-order valence-corrected chi connectivity index (χ3v) is 4.19. The Morgan fingerprint density at radius 3 is 3.04 bits per heavy atom. The molecular weight excluding hydrogens is 308 g/mol. The van der Waals surface area contributed by atoms with E-state index in [0.29, 0.717) is 17.9 Å². The third-order valence-electron chi connectivity index (χ3n) is 4.19. The first-order valence-electron chi connectivity index (χ1n) is 8.22. The van der Waals surface area contributed by atoms with Crippen LogP contribution in [0.5, 0.6) is 0 Å². The first kappa shape index (κ1) is 16.4. The number of aryl methyl sites for hydroxylation is 2. The summed E-state index contributed by atoms with van der Waals surface area (Å²) in [5.74, 6) is -0.257. The average Bonchev–Trinajstić information content (AvgIpc) is 3.03. The van der Waals surface area contributed by atoms with Crippen LogP contribution in [0.1, 0.15) is 47.5 Å². The first-order valence-corrected chi connectivity index (χ1v) is 8.22. The molecule has 2 N–H and O–H groups in total. The van der Waals surface area contributed by atoms with Crippen molar-refractivity contribution < 1.29 is 9.53 Å². The molecule has 7 heteroatoms. The highest BCUT2D eigenvalue weighted by atomic mass is 16.5. The van der Waals surface area contributed by atoms with Crippen LogP contribution in [0.15, 0.2) is 29.3 Å². The number of ether oxygens (including phenoxy) is 1. The summed E-state index contributed by atoms with van der Waals surface area (Å²) in [5.41, 5.74) is 1.71. The molecule has 2 aromatic rings. The summed E-state index contributed by atoms with van der Waals surface area (Å²) < 4.78 is 7.72. The molecule has 0 saturated carbocycles. The summed E-state index contributed by atoms with van der Waals surface area (Å²) in [6, 6.07) is 2.85. The van der Waals surface area contributed by atoms with Gasteiger partial charge < -0.3 is 15.0 Å². The van der Waals surface area contributed by atoms with Crippen molar-refractivity contribution in [2.75, 3.05) is 6.61 Å². The molecule has 1 fully saturated rings. The van der Waals surface area contributed by atoms with Crippen LogP contribution in [0.25, 0.3) is 0 Å². The molecule has 0 aromatic carbocycles. The second-order valence-electron chi connectivity index (χ2n) is 6.06. The Kier molecular flexibility index (Phi) is 4.80. The lowest BCUT2D eigenvalue weighted by Crippen LogP contribution is -2.43. The smallest absolute Gasteiger partial charge is 0.251 e. The van der Waals surface area contributed by atoms with E-state index in [1.807, 2.05) is 17.8 Å². The largest absolute Gasteiger partial charge is 0.371 e. The van der Waals surface area contributed by atoms with E-state index >= 15 is 0 Å². The van der Waals surface area contributed by atoms with E-state index < -0.39 is 0 Å². The van der Waals surface area contributed by atoms with Gasteiger partial charge in [0, 0.05) is 42.2 Å². The first-order chi connectivity index (χ1) is 11.6. The van der Waals surface area contributed by atoms with Crippen molar-refractivity contribution in [2.24, 2.45) is 0 Å². The molecule has 2 atom stereocenters. The van der Waals surface area contributed by atoms with Gasteiger partial charge in [-0.1, -0.05) is 0 Å². The van der Waals surface area contributed by atoms with E-state index in [1.165, 1.54) is 6.07 Å². The quantitative estimate of drug-likeness (QED) is 0.890. The van der Waals surface area contributed by atoms with Crippen molar-refractivity contribution >= 4 is 5.91 Å². The summed E-state index contributed by atoms with van der Waals surface area (Å²) in [4.78, 5) is 26.7. The molecule has 3 heterocycles. The zero-order valence-corrected chi connectivity index (χ0v) is 13.9. The Balaban J connectivity index is 1.78. The number of carbonyl (C=O) groups is 1. The van der Waals surface area contributed by atoms with Crippen molar-refractivity contribution in [3.05, 3.63) is 51.7 Å². The summed E-state index contributed by atoms with van der Waals surface area (Å²) in [6.45, 7) is 5.23. The van der Waals surface area contributed by atoms with Gasteiger partial charge in [0.05, 0.1) is 12.2 Å². The molecule has 3 rings (SSSR count). The lowest BCUT2D eigenvalue weighted by Gasteiger charge is -2.31. The van der Waals surface area contributed by atoms with E-state index in [2.05, 4.69) is 15.4 Å². The van der Waals surface area contributed by atoms with Gasteiger partial charge >= 0.3 is 0 Å². The molecule has 0 spiro atoms. The van der Waals surface area contributed by atoms with Crippen LogP contribution in [0, 0.1) is 6.92 Å². The third kappa shape index (κ3) is 3.56. The summed E-state index contributed by atoms with van der Waals surface area (Å²) >= 11 is 0. The topological polar surface area (TPSA) is 89.0 Å². The molecular formula is C17H22N4O3. The molecule has 0 aliphatic carbocycles. The van der Waals surface area contributed by atoms with Gasteiger partial charge in [0.25, 0.3) is 5.91 Å². The number of carbonyl (C=O) groups excluding carboxylic acids is 1. The number of nitrogens with one attached hydrogen (secondary N) is 2. The number of H-pyrrole nitrogens is 1. The normalized spacial score (nSPS) is 20.8. The van der Waals surface area contributed by atoms with Crippen molar-refractivity contribution in [3.8, 4) is 0 Å². The zero-order chi connectivity index (χ0) is 17.1. The van der Waals surface area contributed by atoms with Gasteiger partial charge in [-0.05, 0) is 32.8 Å². The van der Waals surface area contributed by atoms with Gasteiger partial charge in [-0.2, -0.15) is 5.10 Å². The Morgan fingerprint density at radius 2 is 2.33 bits per heavy atom. The SMILES string of the molecule is CCn1cc([C@H]2OCCC[C@@H]2NC(=O)c2cc(C)[nH]c(=O)c2)cn1. The summed E-state index contributed by atoms with van der Waals surface area (Å²) in [5, 5.41) is 7.30. The van der Waals surface area contributed by atoms with Gasteiger partial charge in [-0.25, -0.2) is 0 Å². The van der Waals surface area contributed by atoms with Crippen LogP contribution in [-0.4, -0.2) is 33.3 Å². The van der Waals surface area contributed by atoms with Crippen molar-refractivity contribution in [2.45, 2.75) is 45.4 Å². The van der Waals surface area contributed by atoms with Crippen molar-refractivity contribution in [1.29, 1.82) is 0 Å². The zero-order valence-electron chi connectivity index (χ0n) is 13.9. The molecule has 24 heavy (non-hydrogen) atoms. The van der Waals surface area contributed by atoms with E-state index in [0.717, 1.165) is 24.9 Å². The number of aromatic amines is 1. The lowest BCUT2D eigenvalue weighted by molar-refractivity contribution is -0.00951. The number of pyridine rings is 1. The van der Waals surface area contributed by atoms with Gasteiger partial charge in [-0.15, -0.1) is 0 Å². The van der Waals surface area contributed by atoms with Crippen LogP contribution in [-0.2, 0) is 11.3 Å². The van der Waals surface area contributed by atoms with Gasteiger partial charge in [0.1, 0.15) is 6.10 Å². The van der Waals surface area contributed by atoms with Gasteiger partial charge in [0.2, 0.25) is 5.56 Å². The monoisotopic (exact) mass is 330 g/mol. The fraction of sp³-hybridized carbons (Fsp3) is 0.471. The molecule has 7 nitrogen and oxygen atoms in total. The van der Waals surface area contributed by atoms with Crippen LogP contribution in [0.2, 0.25) is 0 Å². The maximum atomic E-state index is 12.5. The highest BCUT2D eigenvalue weighted by Gasteiger charge is 2.30. The van der Waals surface area contributed by atoms with Crippen LogP contribution >= 0.6 is 0 Å². The van der Waals surface area contributed by atoms with E-state index in [-0.39, 0.29) is 23.6 Å². The minimum absolute atomic E-state index is 0.139. The summed E-state index contributed by atoms with van der Waals surface area (Å²) in [7, 11) is 0. The molecule has 2 aromatic heterocycles. The van der Waals surface area contributed by atoms with Crippen LogP contribution in [0.3, 0.4) is 0 Å². The fourth-order valence-electron chi connectivity index (χ4n) is 3.02. The Bertz CT molecular complexity index is 780. The van der Waals surface area contributed by atoms with E-state index in [9.17, 15) is 9.59 Å². The Hall–Kier alpha value is -2.41. The minimum atomic E-state index is -0.277. The number of rotatable bonds is 4. The molecule has 1 saturated heterocycles. The van der Waals surface area contributed by atoms with Crippen LogP contribution < -0.4 is 10.9 Å². The fourth-order valence-corrected chi connectivity index (χ4v) is 3.02. The molecule has 1 aliphatic heterocycles. The number of nitrogens with zero attached hydrogens (tertiary/aromatic N) is 2. The molecule has 128 valence electrons. The molecule has 1 amide bonds. The highest BCUT2D eigenvalue weighted by Crippen LogP contribution is 2.28. The Morgan fingerprint density at radius 1 is 1.50 bits per heavy atom. The maximum Gasteiger partial charge on any atom is 0.251 e. The average molecular weight is 330 g/mol. The predicted octanol–water partition coefficient (Wildman–Crippen LogP) is 1.55. The predicted molar refractivity (Wildman–Crippen MR) is 88.9 cm³/mol. The number of hydrogen-bond donors (Lipinski definition) is 2. The van der Waals surface area contributed by atoms with Crippen molar-refractivity contribution in [1.82, 2.24) is 20.1 Å². The number of amides is 1. The Labute approximate surface area is 140 Å². The minimum Gasteiger partial charge on any atom is -0.371 e. The second kappa shape index (κ2) is 7.00. The van der Waals surface area contributed by atoms with E-state index in [4.69, 9.17) is 4.74 Å². The highest BCUT2D eigenvalue weighted by molar-refractivity contribution is 5.94. The molecule has 0 radical (unpaired) electrons. The van der Waals surface area contributed by atoms with E-state index in [1.54, 1.807) is 19.2 Å².